The quantitative estimate of drug-likeness (QED) is 0.455. The van der Waals surface area contributed by atoms with E-state index in [0.29, 0.717) is 5.41 Å². The third-order valence-corrected chi connectivity index (χ3v) is 5.53. The fourth-order valence-electron chi connectivity index (χ4n) is 3.88. The van der Waals surface area contributed by atoms with Crippen LogP contribution in [0.4, 0.5) is 0 Å². The molecule has 2 rings (SSSR count). The number of hydrogen-bond acceptors (Lipinski definition) is 3. The summed E-state index contributed by atoms with van der Waals surface area (Å²) in [5.41, 5.74) is 3.04. The second-order valence-corrected chi connectivity index (χ2v) is 8.61. The molecular weight excluding hydrogens is 319 g/mol. The van der Waals surface area contributed by atoms with Gasteiger partial charge >= 0.3 is 0 Å². The van der Waals surface area contributed by atoms with Gasteiger partial charge in [-0.05, 0) is 48.5 Å². The average molecular weight is 356 g/mol. The van der Waals surface area contributed by atoms with Crippen molar-refractivity contribution in [2.75, 3.05) is 33.3 Å². The van der Waals surface area contributed by atoms with Crippen molar-refractivity contribution in [3.05, 3.63) is 29.3 Å². The molecule has 1 aliphatic rings. The van der Waals surface area contributed by atoms with E-state index in [4.69, 9.17) is 12.7 Å². The summed E-state index contributed by atoms with van der Waals surface area (Å²) < 4.78 is 5.66. The molecule has 1 aromatic rings. The van der Waals surface area contributed by atoms with Gasteiger partial charge in [0.2, 0.25) is 0 Å². The molecule has 2 radical (unpaired) electrons. The molecule has 0 atom stereocenters. The van der Waals surface area contributed by atoms with Crippen LogP contribution in [-0.2, 0) is 13.0 Å². The van der Waals surface area contributed by atoms with E-state index in [-0.39, 0.29) is 0 Å². The molecule has 0 N–H and O–H groups in total. The number of hydrogen-bond donors (Lipinski definition) is 0. The Hall–Kier alpha value is -0.995. The van der Waals surface area contributed by atoms with Gasteiger partial charge in [0, 0.05) is 19.6 Å². The number of piperazine rings is 1. The Labute approximate surface area is 162 Å². The predicted molar refractivity (Wildman–Crippen MR) is 112 cm³/mol. The topological polar surface area (TPSA) is 15.7 Å². The first-order valence-corrected chi connectivity index (χ1v) is 10.3. The maximum Gasteiger partial charge on any atom is 0.182 e. The van der Waals surface area contributed by atoms with Crippen LogP contribution in [0.1, 0.15) is 64.0 Å². The van der Waals surface area contributed by atoms with Gasteiger partial charge in [-0.15, -0.1) is 0 Å². The maximum atomic E-state index is 5.87. The highest BCUT2D eigenvalue weighted by atomic mass is 16.5. The molecular formula is C22H37BN2O. The van der Waals surface area contributed by atoms with Gasteiger partial charge in [0.05, 0.1) is 7.11 Å². The Balaban J connectivity index is 1.99. The van der Waals surface area contributed by atoms with Crippen LogP contribution in [0.3, 0.4) is 0 Å². The largest absolute Gasteiger partial charge is 0.496 e. The van der Waals surface area contributed by atoms with Crippen molar-refractivity contribution in [2.45, 2.75) is 65.8 Å². The standard InChI is InChI=1S/C22H37BN2O/c1-5-6-7-8-11-22(2,3)17-20-16-19(9-10-21(20)26-4)18-24-12-14-25(23)15-13-24/h9-10,16H,5-8,11-15,17-18H2,1-4H3. The van der Waals surface area contributed by atoms with Gasteiger partial charge in [0.25, 0.3) is 0 Å². The van der Waals surface area contributed by atoms with Crippen molar-refractivity contribution in [1.82, 2.24) is 9.71 Å². The van der Waals surface area contributed by atoms with Crippen LogP contribution in [0.25, 0.3) is 0 Å². The fourth-order valence-corrected chi connectivity index (χ4v) is 3.88. The maximum absolute atomic E-state index is 5.87. The molecule has 0 aliphatic carbocycles. The van der Waals surface area contributed by atoms with E-state index >= 15 is 0 Å². The van der Waals surface area contributed by atoms with E-state index in [0.717, 1.165) is 44.9 Å². The van der Waals surface area contributed by atoms with Crippen molar-refractivity contribution in [3.8, 4) is 5.75 Å². The van der Waals surface area contributed by atoms with Gasteiger partial charge < -0.3 is 9.55 Å². The van der Waals surface area contributed by atoms with Crippen molar-refractivity contribution < 1.29 is 4.74 Å². The lowest BCUT2D eigenvalue weighted by molar-refractivity contribution is 0.184. The summed E-state index contributed by atoms with van der Waals surface area (Å²) in [6.45, 7) is 12.1. The molecule has 0 spiro atoms. The smallest absolute Gasteiger partial charge is 0.182 e. The molecule has 1 aliphatic heterocycles. The zero-order valence-electron chi connectivity index (χ0n) is 17.4. The van der Waals surface area contributed by atoms with Gasteiger partial charge in [-0.1, -0.05) is 58.6 Å². The number of nitrogens with zero attached hydrogens (tertiary/aromatic N) is 2. The van der Waals surface area contributed by atoms with Crippen LogP contribution < -0.4 is 4.74 Å². The van der Waals surface area contributed by atoms with Crippen LogP contribution in [0.5, 0.6) is 5.75 Å². The highest BCUT2D eigenvalue weighted by molar-refractivity contribution is 6.04. The second-order valence-electron chi connectivity index (χ2n) is 8.61. The molecule has 0 saturated carbocycles. The summed E-state index contributed by atoms with van der Waals surface area (Å²) in [7, 11) is 7.66. The summed E-state index contributed by atoms with van der Waals surface area (Å²) in [6.07, 6.45) is 7.68. The van der Waals surface area contributed by atoms with Gasteiger partial charge in [-0.3, -0.25) is 4.90 Å². The number of unbranched alkanes of at least 4 members (excludes halogenated alkanes) is 3. The van der Waals surface area contributed by atoms with Crippen LogP contribution in [0.2, 0.25) is 0 Å². The van der Waals surface area contributed by atoms with E-state index in [9.17, 15) is 0 Å². The summed E-state index contributed by atoms with van der Waals surface area (Å²) in [5.74, 6) is 1.03. The summed E-state index contributed by atoms with van der Waals surface area (Å²) in [4.78, 5) is 4.40. The van der Waals surface area contributed by atoms with Crippen LogP contribution in [0.15, 0.2) is 18.2 Å². The van der Waals surface area contributed by atoms with Gasteiger partial charge in [-0.25, -0.2) is 0 Å². The summed E-state index contributed by atoms with van der Waals surface area (Å²) in [5, 5.41) is 0. The number of benzene rings is 1. The Morgan fingerprint density at radius 1 is 1.08 bits per heavy atom. The SMILES string of the molecule is [B]N1CCN(Cc2ccc(OC)c(CC(C)(C)CCCCCC)c2)CC1. The number of methoxy groups -OCH3 is 1. The molecule has 0 amide bonds. The van der Waals surface area contributed by atoms with Gasteiger partial charge in [0.1, 0.15) is 5.75 Å². The molecule has 26 heavy (non-hydrogen) atoms. The highest BCUT2D eigenvalue weighted by Gasteiger charge is 2.21. The molecule has 1 heterocycles. The van der Waals surface area contributed by atoms with Crippen molar-refractivity contribution in [2.24, 2.45) is 5.41 Å². The molecule has 0 aromatic heterocycles. The van der Waals surface area contributed by atoms with Crippen molar-refractivity contribution >= 4 is 7.98 Å². The van der Waals surface area contributed by atoms with E-state index < -0.39 is 0 Å². The molecule has 1 fully saturated rings. The lowest BCUT2D eigenvalue weighted by atomic mass is 9.80. The summed E-state index contributed by atoms with van der Waals surface area (Å²) >= 11 is 0. The van der Waals surface area contributed by atoms with Crippen LogP contribution in [-0.4, -0.2) is 51.0 Å². The van der Waals surface area contributed by atoms with E-state index in [1.165, 1.54) is 43.2 Å². The van der Waals surface area contributed by atoms with E-state index in [2.05, 4.69) is 43.9 Å². The predicted octanol–water partition coefficient (Wildman–Crippen LogP) is 4.44. The first-order chi connectivity index (χ1) is 12.4. The van der Waals surface area contributed by atoms with Crippen LogP contribution in [0, 0.1) is 5.41 Å². The monoisotopic (exact) mass is 356 g/mol. The molecule has 0 unspecified atom stereocenters. The molecule has 3 nitrogen and oxygen atoms in total. The minimum atomic E-state index is 0.310. The Bertz CT molecular complexity index is 539. The second kappa shape index (κ2) is 10.4. The van der Waals surface area contributed by atoms with E-state index in [1.54, 1.807) is 7.11 Å². The van der Waals surface area contributed by atoms with Crippen LogP contribution >= 0.6 is 0 Å². The minimum absolute atomic E-state index is 0.310. The molecule has 144 valence electrons. The van der Waals surface area contributed by atoms with E-state index in [1.807, 2.05) is 4.81 Å². The Kier molecular flexibility index (Phi) is 8.50. The lowest BCUT2D eigenvalue weighted by Crippen LogP contribution is -2.44. The lowest BCUT2D eigenvalue weighted by Gasteiger charge is -2.33. The van der Waals surface area contributed by atoms with Gasteiger partial charge in [0.15, 0.2) is 7.98 Å². The van der Waals surface area contributed by atoms with Crippen molar-refractivity contribution in [3.63, 3.8) is 0 Å². The fraction of sp³-hybridized carbons (Fsp3) is 0.727. The normalized spacial score (nSPS) is 16.8. The minimum Gasteiger partial charge on any atom is -0.496 e. The number of ether oxygens (including phenoxy) is 1. The third-order valence-electron chi connectivity index (χ3n) is 5.53. The number of rotatable bonds is 10. The summed E-state index contributed by atoms with van der Waals surface area (Å²) in [6, 6.07) is 6.73. The Morgan fingerprint density at radius 2 is 1.81 bits per heavy atom. The molecule has 0 bridgehead atoms. The average Bonchev–Trinajstić information content (AvgIpc) is 2.61. The zero-order valence-corrected chi connectivity index (χ0v) is 17.4. The first-order valence-electron chi connectivity index (χ1n) is 10.3. The van der Waals surface area contributed by atoms with Crippen molar-refractivity contribution in [1.29, 1.82) is 0 Å². The Morgan fingerprint density at radius 3 is 2.46 bits per heavy atom. The highest BCUT2D eigenvalue weighted by Crippen LogP contribution is 2.33. The third kappa shape index (κ3) is 6.96. The molecule has 1 aromatic carbocycles. The molecule has 4 heteroatoms. The first kappa shape index (κ1) is 21.3. The molecule has 1 saturated heterocycles. The van der Waals surface area contributed by atoms with Gasteiger partial charge in [-0.2, -0.15) is 0 Å². The zero-order chi connectivity index (χ0) is 19.0.